The maximum absolute atomic E-state index is 14.0. The number of thiazole rings is 1. The van der Waals surface area contributed by atoms with Gasteiger partial charge in [0.15, 0.2) is 5.13 Å². The molecule has 2 aliphatic rings. The van der Waals surface area contributed by atoms with E-state index in [4.69, 9.17) is 5.73 Å². The molecule has 2 aromatic rings. The van der Waals surface area contributed by atoms with Gasteiger partial charge >= 0.3 is 0 Å². The van der Waals surface area contributed by atoms with Gasteiger partial charge in [-0.2, -0.15) is 0 Å². The summed E-state index contributed by atoms with van der Waals surface area (Å²) < 4.78 is 54.9. The van der Waals surface area contributed by atoms with Crippen molar-refractivity contribution in [2.75, 3.05) is 49.5 Å². The van der Waals surface area contributed by atoms with Crippen LogP contribution in [0.3, 0.4) is 0 Å². The summed E-state index contributed by atoms with van der Waals surface area (Å²) in [5, 5.41) is 3.91. The molecule has 0 unspecified atom stereocenters. The van der Waals surface area contributed by atoms with Gasteiger partial charge in [-0.25, -0.2) is 26.5 Å². The number of halogens is 2. The average Bonchev–Trinajstić information content (AvgIpc) is 3.41. The Morgan fingerprint density at radius 2 is 1.79 bits per heavy atom. The highest BCUT2D eigenvalue weighted by molar-refractivity contribution is 7.89. The summed E-state index contributed by atoms with van der Waals surface area (Å²) >= 11 is 1.28. The van der Waals surface area contributed by atoms with Crippen molar-refractivity contribution in [3.05, 3.63) is 40.3 Å². The van der Waals surface area contributed by atoms with E-state index in [0.717, 1.165) is 19.6 Å². The molecule has 0 atom stereocenters. The zero-order valence-corrected chi connectivity index (χ0v) is 20.2. The number of benzene rings is 1. The second-order valence-corrected chi connectivity index (χ2v) is 11.9. The number of hydrogen-bond acceptors (Lipinski definition) is 7. The van der Waals surface area contributed by atoms with Gasteiger partial charge in [0, 0.05) is 31.1 Å². The van der Waals surface area contributed by atoms with Crippen LogP contribution < -0.4 is 11.1 Å². The summed E-state index contributed by atoms with van der Waals surface area (Å²) in [4.78, 5) is 7.24. The quantitative estimate of drug-likeness (QED) is 0.550. The number of hydrogen-bond donors (Lipinski definition) is 2. The Balaban J connectivity index is 1.27. The number of anilines is 2. The Morgan fingerprint density at radius 1 is 1.12 bits per heavy atom. The smallest absolute Gasteiger partial charge is 0.214 e. The topological polar surface area (TPSA) is 91.6 Å². The predicted molar refractivity (Wildman–Crippen MR) is 128 cm³/mol. The van der Waals surface area contributed by atoms with Crippen LogP contribution in [0.2, 0.25) is 0 Å². The molecule has 2 aliphatic heterocycles. The minimum atomic E-state index is -3.24. The number of nitrogens with one attached hydrogen (secondary N) is 1. The number of sulfonamides is 1. The maximum Gasteiger partial charge on any atom is 0.214 e. The second kappa shape index (κ2) is 10.6. The Hall–Kier alpha value is -1.82. The first-order valence-electron chi connectivity index (χ1n) is 11.5. The number of rotatable bonds is 9. The molecule has 3 N–H and O–H groups in total. The molecule has 2 fully saturated rings. The van der Waals surface area contributed by atoms with Crippen molar-refractivity contribution in [2.45, 2.75) is 44.6 Å². The molecule has 0 spiro atoms. The highest BCUT2D eigenvalue weighted by Gasteiger charge is 2.28. The molecule has 0 aliphatic carbocycles. The van der Waals surface area contributed by atoms with Crippen molar-refractivity contribution in [1.82, 2.24) is 14.2 Å². The summed E-state index contributed by atoms with van der Waals surface area (Å²) in [5.74, 6) is -0.763. The molecular formula is C22H31F2N5O2S2. The molecule has 11 heteroatoms. The van der Waals surface area contributed by atoms with Gasteiger partial charge in [-0.15, -0.1) is 0 Å². The van der Waals surface area contributed by atoms with E-state index in [9.17, 15) is 17.2 Å². The summed E-state index contributed by atoms with van der Waals surface area (Å²) in [7, 11) is -3.24. The first kappa shape index (κ1) is 24.3. The van der Waals surface area contributed by atoms with E-state index in [0.29, 0.717) is 42.4 Å². The summed E-state index contributed by atoms with van der Waals surface area (Å²) in [6.45, 7) is 3.95. The van der Waals surface area contributed by atoms with Crippen LogP contribution in [0, 0.1) is 11.6 Å². The Kier molecular flexibility index (Phi) is 7.83. The molecule has 3 heterocycles. The van der Waals surface area contributed by atoms with Gasteiger partial charge in [0.25, 0.3) is 0 Å². The lowest BCUT2D eigenvalue weighted by Crippen LogP contribution is -2.43. The van der Waals surface area contributed by atoms with Gasteiger partial charge < -0.3 is 16.0 Å². The number of aromatic nitrogens is 1. The molecule has 0 amide bonds. The maximum atomic E-state index is 14.0. The molecule has 4 rings (SSSR count). The van der Waals surface area contributed by atoms with Gasteiger partial charge in [0.05, 0.1) is 10.6 Å². The molecule has 182 valence electrons. The van der Waals surface area contributed by atoms with Gasteiger partial charge in [-0.1, -0.05) is 17.4 Å². The Labute approximate surface area is 198 Å². The van der Waals surface area contributed by atoms with E-state index >= 15 is 0 Å². The molecule has 0 radical (unpaired) electrons. The molecular weight excluding hydrogens is 468 g/mol. The molecule has 1 aromatic heterocycles. The van der Waals surface area contributed by atoms with Crippen LogP contribution in [-0.2, 0) is 16.4 Å². The largest absolute Gasteiger partial charge is 0.383 e. The fraction of sp³-hybridized carbons (Fsp3) is 0.591. The number of nitrogens with zero attached hydrogens (tertiary/aromatic N) is 3. The van der Waals surface area contributed by atoms with Crippen molar-refractivity contribution in [3.8, 4) is 0 Å². The lowest BCUT2D eigenvalue weighted by Gasteiger charge is -2.31. The van der Waals surface area contributed by atoms with Gasteiger partial charge in [0.1, 0.15) is 17.5 Å². The van der Waals surface area contributed by atoms with Crippen LogP contribution in [0.5, 0.6) is 0 Å². The van der Waals surface area contributed by atoms with Crippen LogP contribution in [-0.4, -0.2) is 67.1 Å². The van der Waals surface area contributed by atoms with Crippen molar-refractivity contribution in [3.63, 3.8) is 0 Å². The number of nitrogen functional groups attached to an aromatic ring is 1. The average molecular weight is 500 g/mol. The lowest BCUT2D eigenvalue weighted by molar-refractivity contribution is 0.322. The SMILES string of the molecule is Nc1nc(NC2CCN(S(=O)(=O)CCCN3CCCC3)CC2)sc1Cc1c(F)cccc1F. The fourth-order valence-electron chi connectivity index (χ4n) is 4.47. The minimum absolute atomic E-state index is 0.0253. The Morgan fingerprint density at radius 3 is 2.45 bits per heavy atom. The monoisotopic (exact) mass is 499 g/mol. The van der Waals surface area contributed by atoms with Crippen LogP contribution in [0.4, 0.5) is 19.7 Å². The van der Waals surface area contributed by atoms with Crippen LogP contribution in [0.15, 0.2) is 18.2 Å². The highest BCUT2D eigenvalue weighted by Crippen LogP contribution is 2.30. The van der Waals surface area contributed by atoms with Crippen molar-refractivity contribution >= 4 is 32.3 Å². The Bertz CT molecular complexity index is 1030. The van der Waals surface area contributed by atoms with Gasteiger partial charge in [0.2, 0.25) is 10.0 Å². The number of likely N-dealkylation sites (tertiary alicyclic amines) is 1. The second-order valence-electron chi connectivity index (χ2n) is 8.74. The molecule has 1 aromatic carbocycles. The third kappa shape index (κ3) is 6.20. The van der Waals surface area contributed by atoms with E-state index in [1.165, 1.54) is 42.4 Å². The van der Waals surface area contributed by atoms with Gasteiger partial charge in [-0.05, 0) is 63.9 Å². The van der Waals surface area contributed by atoms with Crippen molar-refractivity contribution in [2.24, 2.45) is 0 Å². The molecule has 0 bridgehead atoms. The first-order valence-corrected chi connectivity index (χ1v) is 13.9. The zero-order chi connectivity index (χ0) is 23.4. The first-order chi connectivity index (χ1) is 15.8. The van der Waals surface area contributed by atoms with Crippen LogP contribution in [0.25, 0.3) is 0 Å². The third-order valence-corrected chi connectivity index (χ3v) is 9.34. The third-order valence-electron chi connectivity index (χ3n) is 6.38. The van der Waals surface area contributed by atoms with E-state index in [1.54, 1.807) is 4.31 Å². The molecule has 0 saturated carbocycles. The minimum Gasteiger partial charge on any atom is -0.383 e. The summed E-state index contributed by atoms with van der Waals surface area (Å²) in [5.41, 5.74) is 5.96. The van der Waals surface area contributed by atoms with Crippen LogP contribution in [0.1, 0.15) is 42.5 Å². The number of nitrogens with two attached hydrogens (primary N) is 1. The van der Waals surface area contributed by atoms with Gasteiger partial charge in [-0.3, -0.25) is 0 Å². The zero-order valence-electron chi connectivity index (χ0n) is 18.6. The van der Waals surface area contributed by atoms with Crippen molar-refractivity contribution in [1.29, 1.82) is 0 Å². The number of piperidine rings is 1. The normalized spacial score (nSPS) is 18.7. The lowest BCUT2D eigenvalue weighted by atomic mass is 10.1. The highest BCUT2D eigenvalue weighted by atomic mass is 32.2. The molecule has 7 nitrogen and oxygen atoms in total. The van der Waals surface area contributed by atoms with Crippen LogP contribution >= 0.6 is 11.3 Å². The molecule has 2 saturated heterocycles. The van der Waals surface area contributed by atoms with Crippen molar-refractivity contribution < 1.29 is 17.2 Å². The summed E-state index contributed by atoms with van der Waals surface area (Å²) in [6, 6.07) is 3.85. The molecule has 33 heavy (non-hydrogen) atoms. The van der Waals surface area contributed by atoms with E-state index in [1.807, 2.05) is 0 Å². The van der Waals surface area contributed by atoms with E-state index in [2.05, 4.69) is 15.2 Å². The summed E-state index contributed by atoms with van der Waals surface area (Å²) in [6.07, 6.45) is 4.46. The standard InChI is InChI=1S/C22H31F2N5O2S2/c23-18-5-3-6-19(24)17(18)15-20-21(25)27-22(32-20)26-16-7-12-29(13-8-16)33(30,31)14-4-11-28-9-1-2-10-28/h3,5-6,16H,1-2,4,7-15,25H2,(H,26,27). The van der Waals surface area contributed by atoms with E-state index < -0.39 is 21.7 Å². The predicted octanol–water partition coefficient (Wildman–Crippen LogP) is 3.29. The van der Waals surface area contributed by atoms with E-state index in [-0.39, 0.29) is 29.6 Å². The fourth-order valence-corrected chi connectivity index (χ4v) is 6.96.